The highest BCUT2D eigenvalue weighted by Crippen LogP contribution is 2.31. The van der Waals surface area contributed by atoms with E-state index in [-0.39, 0.29) is 0 Å². The predicted octanol–water partition coefficient (Wildman–Crippen LogP) is 1.82. The number of hydrogen-bond donors (Lipinski definition) is 3. The van der Waals surface area contributed by atoms with Crippen molar-refractivity contribution >= 4 is 11.8 Å². The van der Waals surface area contributed by atoms with Gasteiger partial charge in [0.05, 0.1) is 23.2 Å². The predicted molar refractivity (Wildman–Crippen MR) is 82.2 cm³/mol. The lowest BCUT2D eigenvalue weighted by Crippen LogP contribution is -2.54. The Morgan fingerprint density at radius 1 is 1.17 bits per heavy atom. The maximum absolute atomic E-state index is 12.9. The zero-order chi connectivity index (χ0) is 17.8. The highest BCUT2D eigenvalue weighted by Gasteiger charge is 2.36. The minimum absolute atomic E-state index is 0.295. The number of amides is 2. The average Bonchev–Trinajstić information content (AvgIpc) is 3.01. The van der Waals surface area contributed by atoms with Crippen molar-refractivity contribution in [1.29, 1.82) is 0 Å². The molecular weight excluding hydrogens is 323 g/mol. The lowest BCUT2D eigenvalue weighted by Gasteiger charge is -2.28. The minimum atomic E-state index is -4.64. The van der Waals surface area contributed by atoms with Crippen LogP contribution in [0.1, 0.15) is 41.6 Å². The van der Waals surface area contributed by atoms with E-state index in [0.29, 0.717) is 6.54 Å². The normalized spacial score (nSPS) is 16.7. The van der Waals surface area contributed by atoms with Crippen molar-refractivity contribution in [2.75, 3.05) is 13.1 Å². The van der Waals surface area contributed by atoms with Crippen LogP contribution in [0.25, 0.3) is 0 Å². The van der Waals surface area contributed by atoms with Gasteiger partial charge in [0, 0.05) is 6.54 Å². The Labute approximate surface area is 137 Å². The standard InChI is InChI=1S/C16H20F3N3O2/c17-16(18,19)12-6-2-1-5-11(12)14(24)21-9-13(23)22-15(10-20)7-3-4-8-15/h1-2,5-6H,3-4,7-10,20H2,(H,21,24)(H,22,23). The minimum Gasteiger partial charge on any atom is -0.348 e. The first-order valence-corrected chi connectivity index (χ1v) is 7.73. The Kier molecular flexibility index (Phi) is 5.48. The summed E-state index contributed by atoms with van der Waals surface area (Å²) in [5, 5.41) is 5.03. The van der Waals surface area contributed by atoms with Crippen molar-refractivity contribution in [3.05, 3.63) is 35.4 Å². The topological polar surface area (TPSA) is 84.2 Å². The van der Waals surface area contributed by atoms with Crippen molar-refractivity contribution in [3.63, 3.8) is 0 Å². The first-order valence-electron chi connectivity index (χ1n) is 7.73. The van der Waals surface area contributed by atoms with Crippen LogP contribution >= 0.6 is 0 Å². The summed E-state index contributed by atoms with van der Waals surface area (Å²) in [7, 11) is 0. The first-order chi connectivity index (χ1) is 11.3. The smallest absolute Gasteiger partial charge is 0.348 e. The van der Waals surface area contributed by atoms with Crippen molar-refractivity contribution in [3.8, 4) is 0 Å². The van der Waals surface area contributed by atoms with E-state index in [4.69, 9.17) is 5.73 Å². The Morgan fingerprint density at radius 3 is 2.38 bits per heavy atom. The SMILES string of the molecule is NCC1(NC(=O)CNC(=O)c2ccccc2C(F)(F)F)CCCC1. The third-order valence-corrected chi connectivity index (χ3v) is 4.24. The van der Waals surface area contributed by atoms with Crippen LogP contribution in [0.15, 0.2) is 24.3 Å². The summed E-state index contributed by atoms with van der Waals surface area (Å²) in [6, 6.07) is 4.45. The molecule has 24 heavy (non-hydrogen) atoms. The molecular formula is C16H20F3N3O2. The van der Waals surface area contributed by atoms with E-state index in [1.54, 1.807) is 0 Å². The molecule has 2 rings (SSSR count). The lowest BCUT2D eigenvalue weighted by atomic mass is 9.98. The summed E-state index contributed by atoms with van der Waals surface area (Å²) in [5.41, 5.74) is 3.70. The molecule has 1 fully saturated rings. The number of carbonyl (C=O) groups excluding carboxylic acids is 2. The third kappa shape index (κ3) is 4.25. The van der Waals surface area contributed by atoms with Crippen LogP contribution in [0.3, 0.4) is 0 Å². The van der Waals surface area contributed by atoms with E-state index in [9.17, 15) is 22.8 Å². The zero-order valence-corrected chi connectivity index (χ0v) is 13.1. The quantitative estimate of drug-likeness (QED) is 0.762. The second-order valence-electron chi connectivity index (χ2n) is 5.97. The zero-order valence-electron chi connectivity index (χ0n) is 13.1. The Bertz CT molecular complexity index is 611. The van der Waals surface area contributed by atoms with E-state index >= 15 is 0 Å². The third-order valence-electron chi connectivity index (χ3n) is 4.24. The molecule has 0 spiro atoms. The van der Waals surface area contributed by atoms with Gasteiger partial charge in [0.15, 0.2) is 0 Å². The maximum Gasteiger partial charge on any atom is 0.417 e. The number of nitrogens with one attached hydrogen (secondary N) is 2. The summed E-state index contributed by atoms with van der Waals surface area (Å²) in [6.45, 7) is -0.101. The summed E-state index contributed by atoms with van der Waals surface area (Å²) in [4.78, 5) is 24.0. The van der Waals surface area contributed by atoms with Gasteiger partial charge in [0.25, 0.3) is 5.91 Å². The summed E-state index contributed by atoms with van der Waals surface area (Å²) < 4.78 is 38.7. The molecule has 5 nitrogen and oxygen atoms in total. The van der Waals surface area contributed by atoms with Crippen molar-refractivity contribution in [2.45, 2.75) is 37.4 Å². The number of alkyl halides is 3. The van der Waals surface area contributed by atoms with Crippen LogP contribution in [0.4, 0.5) is 13.2 Å². The van der Waals surface area contributed by atoms with Crippen molar-refractivity contribution in [1.82, 2.24) is 10.6 Å². The fraction of sp³-hybridized carbons (Fsp3) is 0.500. The maximum atomic E-state index is 12.9. The van der Waals surface area contributed by atoms with Gasteiger partial charge in [-0.15, -0.1) is 0 Å². The van der Waals surface area contributed by atoms with Crippen molar-refractivity contribution < 1.29 is 22.8 Å². The van der Waals surface area contributed by atoms with E-state index in [1.807, 2.05) is 0 Å². The number of hydrogen-bond acceptors (Lipinski definition) is 3. The lowest BCUT2D eigenvalue weighted by molar-refractivity contribution is -0.137. The molecule has 0 aromatic heterocycles. The van der Waals surface area contributed by atoms with Gasteiger partial charge in [-0.2, -0.15) is 13.2 Å². The molecule has 1 aliphatic carbocycles. The summed E-state index contributed by atoms with van der Waals surface area (Å²) >= 11 is 0. The van der Waals surface area contributed by atoms with Crippen LogP contribution in [0.5, 0.6) is 0 Å². The summed E-state index contributed by atoms with van der Waals surface area (Å²) in [5.74, 6) is -1.40. The molecule has 8 heteroatoms. The molecule has 0 radical (unpaired) electrons. The van der Waals surface area contributed by atoms with Crippen molar-refractivity contribution in [2.24, 2.45) is 5.73 Å². The van der Waals surface area contributed by atoms with E-state index < -0.39 is 41.2 Å². The van der Waals surface area contributed by atoms with E-state index in [0.717, 1.165) is 37.8 Å². The molecule has 1 aromatic rings. The first kappa shape index (κ1) is 18.3. The fourth-order valence-electron chi connectivity index (χ4n) is 2.96. The molecule has 132 valence electrons. The monoisotopic (exact) mass is 343 g/mol. The van der Waals surface area contributed by atoms with Gasteiger partial charge in [-0.3, -0.25) is 9.59 Å². The van der Waals surface area contributed by atoms with Gasteiger partial charge < -0.3 is 16.4 Å². The Balaban J connectivity index is 1.97. The number of benzene rings is 1. The van der Waals surface area contributed by atoms with Gasteiger partial charge in [0.1, 0.15) is 0 Å². The fourth-order valence-corrected chi connectivity index (χ4v) is 2.96. The molecule has 0 saturated heterocycles. The van der Waals surface area contributed by atoms with Gasteiger partial charge in [0.2, 0.25) is 5.91 Å². The van der Waals surface area contributed by atoms with E-state index in [2.05, 4.69) is 10.6 Å². The molecule has 0 atom stereocenters. The molecule has 4 N–H and O–H groups in total. The number of halogens is 3. The second kappa shape index (κ2) is 7.21. The van der Waals surface area contributed by atoms with Gasteiger partial charge >= 0.3 is 6.18 Å². The van der Waals surface area contributed by atoms with Crippen LogP contribution in [0.2, 0.25) is 0 Å². The van der Waals surface area contributed by atoms with E-state index in [1.165, 1.54) is 12.1 Å². The van der Waals surface area contributed by atoms with Gasteiger partial charge in [-0.1, -0.05) is 25.0 Å². The molecule has 0 heterocycles. The molecule has 0 aliphatic heterocycles. The Morgan fingerprint density at radius 2 is 1.79 bits per heavy atom. The van der Waals surface area contributed by atoms with Gasteiger partial charge in [-0.25, -0.2) is 0 Å². The molecule has 2 amide bonds. The number of carbonyl (C=O) groups is 2. The number of nitrogens with two attached hydrogens (primary N) is 1. The molecule has 0 bridgehead atoms. The number of rotatable bonds is 5. The highest BCUT2D eigenvalue weighted by atomic mass is 19.4. The molecule has 1 aliphatic rings. The molecule has 1 saturated carbocycles. The Hall–Kier alpha value is -2.09. The average molecular weight is 343 g/mol. The largest absolute Gasteiger partial charge is 0.417 e. The van der Waals surface area contributed by atoms with Crippen LogP contribution in [-0.4, -0.2) is 30.4 Å². The van der Waals surface area contributed by atoms with Crippen LogP contribution < -0.4 is 16.4 Å². The van der Waals surface area contributed by atoms with Gasteiger partial charge in [-0.05, 0) is 25.0 Å². The van der Waals surface area contributed by atoms with Crippen LogP contribution in [-0.2, 0) is 11.0 Å². The molecule has 0 unspecified atom stereocenters. The summed E-state index contributed by atoms with van der Waals surface area (Å²) in [6.07, 6.45) is -1.19. The molecule has 1 aromatic carbocycles. The highest BCUT2D eigenvalue weighted by molar-refractivity contribution is 5.97. The van der Waals surface area contributed by atoms with Crippen LogP contribution in [0, 0.1) is 0 Å². The second-order valence-corrected chi connectivity index (χ2v) is 5.97.